The van der Waals surface area contributed by atoms with Crippen LogP contribution in [0.3, 0.4) is 0 Å². The van der Waals surface area contributed by atoms with E-state index in [1.165, 1.54) is 50.1 Å². The Labute approximate surface area is 354 Å². The van der Waals surface area contributed by atoms with Crippen LogP contribution < -0.4 is 9.80 Å². The summed E-state index contributed by atoms with van der Waals surface area (Å²) in [7, 11) is 0. The van der Waals surface area contributed by atoms with Crippen LogP contribution in [0.1, 0.15) is 34.6 Å². The molecule has 0 saturated heterocycles. The van der Waals surface area contributed by atoms with E-state index < -0.39 is 0 Å². The van der Waals surface area contributed by atoms with Crippen LogP contribution in [-0.2, 0) is 0 Å². The van der Waals surface area contributed by atoms with Crippen molar-refractivity contribution in [3.05, 3.63) is 222 Å². The zero-order chi connectivity index (χ0) is 40.6. The Morgan fingerprint density at radius 1 is 0.475 bits per heavy atom. The second kappa shape index (κ2) is 14.0. The molecule has 2 unspecified atom stereocenters. The maximum atomic E-state index is 6.37. The second-order valence-electron chi connectivity index (χ2n) is 16.6. The molecule has 0 N–H and O–H groups in total. The number of allylic oxidation sites excluding steroid dienone is 9. The predicted molar refractivity (Wildman–Crippen MR) is 255 cm³/mol. The second-order valence-corrected chi connectivity index (χ2v) is 16.6. The summed E-state index contributed by atoms with van der Waals surface area (Å²) in [5, 5.41) is 6.94. The van der Waals surface area contributed by atoms with E-state index in [9.17, 15) is 0 Å². The molecule has 7 aromatic carbocycles. The first-order valence-electron chi connectivity index (χ1n) is 21.2. The van der Waals surface area contributed by atoms with Crippen molar-refractivity contribution in [2.75, 3.05) is 9.80 Å². The Bertz CT molecular complexity index is 3440. The van der Waals surface area contributed by atoms with Crippen molar-refractivity contribution in [3.8, 4) is 0 Å². The molecule has 4 nitrogen and oxygen atoms in total. The summed E-state index contributed by atoms with van der Waals surface area (Å²) < 4.78 is 12.7. The molecule has 0 fully saturated rings. The molecular weight excluding hydrogens is 745 g/mol. The lowest BCUT2D eigenvalue weighted by atomic mass is 9.73. The van der Waals surface area contributed by atoms with Gasteiger partial charge in [0.2, 0.25) is 0 Å². The largest absolute Gasteiger partial charge is 0.456 e. The van der Waals surface area contributed by atoms with Gasteiger partial charge in [-0.2, -0.15) is 0 Å². The molecule has 4 heteroatoms. The summed E-state index contributed by atoms with van der Waals surface area (Å²) in [5.74, 6) is 0.183. The first-order chi connectivity index (χ1) is 30.1. The van der Waals surface area contributed by atoms with E-state index in [1.807, 2.05) is 0 Å². The Morgan fingerprint density at radius 2 is 1.07 bits per heavy atom. The number of aryl methyl sites for hydroxylation is 2. The van der Waals surface area contributed by atoms with Gasteiger partial charge >= 0.3 is 0 Å². The molecule has 2 aromatic heterocycles. The van der Waals surface area contributed by atoms with Gasteiger partial charge in [0.15, 0.2) is 0 Å². The number of benzene rings is 7. The fourth-order valence-electron chi connectivity index (χ4n) is 9.92. The van der Waals surface area contributed by atoms with E-state index in [0.717, 1.165) is 67.4 Å². The molecule has 0 bridgehead atoms. The summed E-state index contributed by atoms with van der Waals surface area (Å²) >= 11 is 0. The van der Waals surface area contributed by atoms with Crippen LogP contribution in [0.25, 0.3) is 60.7 Å². The first kappa shape index (κ1) is 35.4. The van der Waals surface area contributed by atoms with Gasteiger partial charge in [-0.1, -0.05) is 114 Å². The normalized spacial score (nSPS) is 16.9. The Morgan fingerprint density at radius 3 is 1.75 bits per heavy atom. The monoisotopic (exact) mass is 786 g/mol. The van der Waals surface area contributed by atoms with Gasteiger partial charge in [0.05, 0.1) is 5.69 Å². The molecule has 2 atom stereocenters. The Balaban J connectivity index is 1.09. The maximum Gasteiger partial charge on any atom is 0.135 e. The number of fused-ring (bicyclic) bond motifs is 11. The molecule has 9 aromatic rings. The SMILES string of the molecule is Cc1ccc2oc3ccc(N(C4=Cc5c(cc(N(C6=CC=CC=CC6)c6ccc7oc8ccc(C)cc8c7c6)c6ccccc56)C5C=CC=CC45)c4ccccc4)cc3c2c1. The van der Waals surface area contributed by atoms with Crippen LogP contribution in [0.4, 0.5) is 22.7 Å². The number of anilines is 4. The molecule has 12 rings (SSSR count). The number of nitrogens with zero attached hydrogens (tertiary/aromatic N) is 2. The minimum Gasteiger partial charge on any atom is -0.456 e. The number of hydrogen-bond acceptors (Lipinski definition) is 4. The van der Waals surface area contributed by atoms with Gasteiger partial charge in [-0.05, 0) is 121 Å². The highest BCUT2D eigenvalue weighted by Gasteiger charge is 2.36. The molecule has 3 aliphatic carbocycles. The van der Waals surface area contributed by atoms with Crippen LogP contribution >= 0.6 is 0 Å². The van der Waals surface area contributed by atoms with Crippen molar-refractivity contribution in [1.82, 2.24) is 0 Å². The molecule has 0 radical (unpaired) electrons. The number of furan rings is 2. The van der Waals surface area contributed by atoms with Crippen LogP contribution in [0.5, 0.6) is 0 Å². The minimum absolute atomic E-state index is 0.0825. The van der Waals surface area contributed by atoms with Gasteiger partial charge < -0.3 is 18.6 Å². The lowest BCUT2D eigenvalue weighted by molar-refractivity contribution is 0.644. The highest BCUT2D eigenvalue weighted by atomic mass is 16.3. The average Bonchev–Trinajstić information content (AvgIpc) is 3.71. The number of para-hydroxylation sites is 1. The fourth-order valence-corrected chi connectivity index (χ4v) is 9.92. The Kier molecular flexibility index (Phi) is 8.14. The van der Waals surface area contributed by atoms with Gasteiger partial charge in [-0.25, -0.2) is 0 Å². The van der Waals surface area contributed by atoms with E-state index in [2.05, 4.69) is 218 Å². The minimum atomic E-state index is 0.0825. The van der Waals surface area contributed by atoms with Crippen LogP contribution in [0, 0.1) is 19.8 Å². The summed E-state index contributed by atoms with van der Waals surface area (Å²) in [4.78, 5) is 4.95. The Hall–Kier alpha value is -7.56. The molecule has 2 heterocycles. The van der Waals surface area contributed by atoms with Crippen molar-refractivity contribution >= 4 is 83.5 Å². The smallest absolute Gasteiger partial charge is 0.135 e. The first-order valence-corrected chi connectivity index (χ1v) is 21.2. The lowest BCUT2D eigenvalue weighted by Gasteiger charge is -2.40. The lowest BCUT2D eigenvalue weighted by Crippen LogP contribution is -2.29. The molecule has 0 aliphatic heterocycles. The van der Waals surface area contributed by atoms with E-state index in [4.69, 9.17) is 8.83 Å². The van der Waals surface area contributed by atoms with Crippen LogP contribution in [0.2, 0.25) is 0 Å². The molecule has 0 spiro atoms. The van der Waals surface area contributed by atoms with Gasteiger partial charge in [0.25, 0.3) is 0 Å². The van der Waals surface area contributed by atoms with Crippen LogP contribution in [-0.4, -0.2) is 0 Å². The molecule has 0 amide bonds. The van der Waals surface area contributed by atoms with Crippen molar-refractivity contribution < 1.29 is 8.83 Å². The fraction of sp³-hybridized carbons (Fsp3) is 0.0877. The van der Waals surface area contributed by atoms with Gasteiger partial charge in [-0.3, -0.25) is 0 Å². The highest BCUT2D eigenvalue weighted by Crippen LogP contribution is 2.51. The highest BCUT2D eigenvalue weighted by molar-refractivity contribution is 6.09. The maximum absolute atomic E-state index is 6.37. The third-order valence-electron chi connectivity index (χ3n) is 12.7. The standard InChI is InChI=1S/C57H42N2O2/c1-36-22-26-54-48(30-36)50-32-40(24-28-56(50)60-54)58(38-14-6-3-4-7-15-38)52-34-46-43-19-11-13-21-45(43)53(35-47(46)42-18-10-12-20-44(42)52)59(39-16-8-5-9-17-39)41-25-29-57-51(33-41)49-31-37(2)23-27-55(49)61-57/h3-14,16-35,43,45H,15H2,1-2H3. The zero-order valence-electron chi connectivity index (χ0n) is 34.0. The zero-order valence-corrected chi connectivity index (χ0v) is 34.0. The van der Waals surface area contributed by atoms with E-state index in [1.54, 1.807) is 0 Å². The predicted octanol–water partition coefficient (Wildman–Crippen LogP) is 15.8. The van der Waals surface area contributed by atoms with Crippen molar-refractivity contribution in [3.63, 3.8) is 0 Å². The van der Waals surface area contributed by atoms with Gasteiger partial charge in [0, 0.05) is 73.6 Å². The molecule has 0 saturated carbocycles. The van der Waals surface area contributed by atoms with Crippen LogP contribution in [0.15, 0.2) is 208 Å². The summed E-state index contributed by atoms with van der Waals surface area (Å²) in [6.07, 6.45) is 23.4. The van der Waals surface area contributed by atoms with E-state index in [-0.39, 0.29) is 11.8 Å². The van der Waals surface area contributed by atoms with E-state index >= 15 is 0 Å². The van der Waals surface area contributed by atoms with E-state index in [0.29, 0.717) is 0 Å². The van der Waals surface area contributed by atoms with Crippen molar-refractivity contribution in [2.24, 2.45) is 5.92 Å². The summed E-state index contributed by atoms with van der Waals surface area (Å²) in [6.45, 7) is 4.28. The third-order valence-corrected chi connectivity index (χ3v) is 12.7. The molecule has 3 aliphatic rings. The molecular formula is C57H42N2O2. The third kappa shape index (κ3) is 5.82. The quantitative estimate of drug-likeness (QED) is 0.168. The molecule has 292 valence electrons. The van der Waals surface area contributed by atoms with Gasteiger partial charge in [-0.15, -0.1) is 0 Å². The number of rotatable bonds is 6. The summed E-state index contributed by atoms with van der Waals surface area (Å²) in [5.41, 5.74) is 15.5. The van der Waals surface area contributed by atoms with Gasteiger partial charge in [0.1, 0.15) is 22.3 Å². The number of hydrogen-bond donors (Lipinski definition) is 0. The molecule has 61 heavy (non-hydrogen) atoms. The topological polar surface area (TPSA) is 32.8 Å². The summed E-state index contributed by atoms with van der Waals surface area (Å²) in [6, 6.07) is 48.5. The van der Waals surface area contributed by atoms with Crippen molar-refractivity contribution in [2.45, 2.75) is 26.2 Å². The van der Waals surface area contributed by atoms with Crippen molar-refractivity contribution in [1.29, 1.82) is 0 Å². The average molecular weight is 787 g/mol.